The van der Waals surface area contributed by atoms with Crippen LogP contribution in [0.3, 0.4) is 0 Å². The molecule has 0 saturated heterocycles. The summed E-state index contributed by atoms with van der Waals surface area (Å²) >= 11 is 0. The van der Waals surface area contributed by atoms with E-state index >= 15 is 0 Å². The zero-order valence-electron chi connectivity index (χ0n) is 16.9. The van der Waals surface area contributed by atoms with Crippen LogP contribution in [0.2, 0.25) is 0 Å². The van der Waals surface area contributed by atoms with Crippen LogP contribution in [-0.4, -0.2) is 13.2 Å². The summed E-state index contributed by atoms with van der Waals surface area (Å²) in [6, 6.07) is 0. The fourth-order valence-corrected chi connectivity index (χ4v) is 2.61. The minimum Gasteiger partial charge on any atom is -0.381 e. The molecule has 24 heavy (non-hydrogen) atoms. The molecule has 142 valence electrons. The molecular formula is C23H44O. The topological polar surface area (TPSA) is 9.23 Å². The van der Waals surface area contributed by atoms with Gasteiger partial charge < -0.3 is 4.74 Å². The summed E-state index contributed by atoms with van der Waals surface area (Å²) in [5, 5.41) is 0. The van der Waals surface area contributed by atoms with Gasteiger partial charge in [-0.15, -0.1) is 0 Å². The maximum Gasteiger partial charge on any atom is 0.0468 e. The molecule has 0 spiro atoms. The molecule has 0 bridgehead atoms. The van der Waals surface area contributed by atoms with Gasteiger partial charge in [0, 0.05) is 13.2 Å². The Kier molecular flexibility index (Phi) is 20.0. The normalized spacial score (nSPS) is 12.2. The van der Waals surface area contributed by atoms with E-state index in [0.717, 1.165) is 25.6 Å². The Hall–Kier alpha value is -0.560. The van der Waals surface area contributed by atoms with E-state index in [-0.39, 0.29) is 0 Å². The van der Waals surface area contributed by atoms with Crippen molar-refractivity contribution < 1.29 is 4.74 Å². The lowest BCUT2D eigenvalue weighted by Crippen LogP contribution is -2.00. The van der Waals surface area contributed by atoms with Crippen molar-refractivity contribution in [3.8, 4) is 0 Å². The van der Waals surface area contributed by atoms with E-state index in [1.165, 1.54) is 77.0 Å². The lowest BCUT2D eigenvalue weighted by Gasteiger charge is -2.06. The van der Waals surface area contributed by atoms with Crippen molar-refractivity contribution in [2.75, 3.05) is 13.2 Å². The highest BCUT2D eigenvalue weighted by Gasteiger charge is 1.94. The lowest BCUT2D eigenvalue weighted by molar-refractivity contribution is 0.119. The second-order valence-electron chi connectivity index (χ2n) is 7.38. The molecule has 0 unspecified atom stereocenters. The van der Waals surface area contributed by atoms with Crippen molar-refractivity contribution in [1.29, 1.82) is 0 Å². The van der Waals surface area contributed by atoms with E-state index in [9.17, 15) is 0 Å². The Morgan fingerprint density at radius 1 is 0.667 bits per heavy atom. The number of ether oxygens (including phenoxy) is 1. The van der Waals surface area contributed by atoms with Crippen LogP contribution in [0.5, 0.6) is 0 Å². The first-order chi connectivity index (χ1) is 11.8. The summed E-state index contributed by atoms with van der Waals surface area (Å²) in [5.74, 6) is 0.765. The second kappa shape index (κ2) is 20.5. The van der Waals surface area contributed by atoms with Crippen molar-refractivity contribution >= 4 is 0 Å². The minimum atomic E-state index is 0.765. The Balaban J connectivity index is 3.12. The van der Waals surface area contributed by atoms with Crippen LogP contribution in [0.4, 0.5) is 0 Å². The summed E-state index contributed by atoms with van der Waals surface area (Å²) in [4.78, 5) is 0. The molecule has 0 radical (unpaired) electrons. The Bertz CT molecular complexity index is 278. The van der Waals surface area contributed by atoms with E-state index in [2.05, 4.69) is 45.1 Å². The van der Waals surface area contributed by atoms with Gasteiger partial charge in [0.2, 0.25) is 0 Å². The van der Waals surface area contributed by atoms with Gasteiger partial charge in [0.05, 0.1) is 0 Å². The maximum atomic E-state index is 5.65. The smallest absolute Gasteiger partial charge is 0.0468 e. The summed E-state index contributed by atoms with van der Waals surface area (Å²) in [6.45, 7) is 8.67. The van der Waals surface area contributed by atoms with E-state index in [4.69, 9.17) is 4.74 Å². The predicted octanol–water partition coefficient (Wildman–Crippen LogP) is 7.86. The van der Waals surface area contributed by atoms with Crippen LogP contribution in [0.15, 0.2) is 24.3 Å². The molecule has 0 rings (SSSR count). The average Bonchev–Trinajstić information content (AvgIpc) is 2.56. The second-order valence-corrected chi connectivity index (χ2v) is 7.38. The molecule has 0 aliphatic rings. The molecule has 0 fully saturated rings. The summed E-state index contributed by atoms with van der Waals surface area (Å²) < 4.78 is 5.65. The maximum absolute atomic E-state index is 5.65. The zero-order valence-corrected chi connectivity index (χ0v) is 16.9. The lowest BCUT2D eigenvalue weighted by atomic mass is 10.1. The quantitative estimate of drug-likeness (QED) is 0.183. The van der Waals surface area contributed by atoms with Gasteiger partial charge in [-0.1, -0.05) is 83.6 Å². The molecule has 1 heteroatoms. The van der Waals surface area contributed by atoms with Gasteiger partial charge in [-0.3, -0.25) is 0 Å². The molecule has 0 heterocycles. The van der Waals surface area contributed by atoms with Crippen LogP contribution in [-0.2, 0) is 4.74 Å². The minimum absolute atomic E-state index is 0.765. The third-order valence-corrected chi connectivity index (χ3v) is 4.33. The monoisotopic (exact) mass is 336 g/mol. The molecule has 1 nitrogen and oxygen atoms in total. The van der Waals surface area contributed by atoms with Gasteiger partial charge in [0.15, 0.2) is 0 Å². The van der Waals surface area contributed by atoms with Crippen LogP contribution in [0.1, 0.15) is 104 Å². The summed E-state index contributed by atoms with van der Waals surface area (Å²) in [6.07, 6.45) is 26.3. The molecule has 0 N–H and O–H groups in total. The van der Waals surface area contributed by atoms with Crippen molar-refractivity contribution in [3.05, 3.63) is 24.3 Å². The summed E-state index contributed by atoms with van der Waals surface area (Å²) in [7, 11) is 0. The molecule has 0 amide bonds. The van der Waals surface area contributed by atoms with Crippen molar-refractivity contribution in [3.63, 3.8) is 0 Å². The van der Waals surface area contributed by atoms with Crippen molar-refractivity contribution in [2.45, 2.75) is 104 Å². The van der Waals surface area contributed by atoms with Gasteiger partial charge in [-0.2, -0.15) is 0 Å². The standard InChI is InChI=1S/C23H44O/c1-4-5-6-7-8-9-10-11-12-13-14-15-16-17-18-19-21-24-22-20-23(2)3/h8-9,11-12,23H,4-7,10,13-22H2,1-3H3/b9-8-,12-11-. The van der Waals surface area contributed by atoms with Crippen LogP contribution in [0, 0.1) is 5.92 Å². The number of rotatable bonds is 18. The predicted molar refractivity (Wildman–Crippen MR) is 110 cm³/mol. The van der Waals surface area contributed by atoms with Gasteiger partial charge in [0.1, 0.15) is 0 Å². The van der Waals surface area contributed by atoms with Crippen LogP contribution >= 0.6 is 0 Å². The molecule has 0 saturated carbocycles. The number of allylic oxidation sites excluding steroid dienone is 4. The molecular weight excluding hydrogens is 292 g/mol. The van der Waals surface area contributed by atoms with Crippen molar-refractivity contribution in [1.82, 2.24) is 0 Å². The van der Waals surface area contributed by atoms with Crippen molar-refractivity contribution in [2.24, 2.45) is 5.92 Å². The first-order valence-electron chi connectivity index (χ1n) is 10.6. The highest BCUT2D eigenvalue weighted by atomic mass is 16.5. The third kappa shape index (κ3) is 21.4. The third-order valence-electron chi connectivity index (χ3n) is 4.33. The van der Waals surface area contributed by atoms with Gasteiger partial charge >= 0.3 is 0 Å². The Morgan fingerprint density at radius 3 is 1.88 bits per heavy atom. The summed E-state index contributed by atoms with van der Waals surface area (Å²) in [5.41, 5.74) is 0. The fourth-order valence-electron chi connectivity index (χ4n) is 2.61. The first kappa shape index (κ1) is 23.4. The van der Waals surface area contributed by atoms with E-state index in [0.29, 0.717) is 0 Å². The zero-order chi connectivity index (χ0) is 17.7. The Labute approximate surface area is 153 Å². The fraction of sp³-hybridized carbons (Fsp3) is 0.826. The highest BCUT2D eigenvalue weighted by molar-refractivity contribution is 4.92. The molecule has 0 aromatic rings. The molecule has 0 aromatic carbocycles. The van der Waals surface area contributed by atoms with E-state index in [1.54, 1.807) is 0 Å². The van der Waals surface area contributed by atoms with E-state index < -0.39 is 0 Å². The number of hydrogen-bond donors (Lipinski definition) is 0. The number of hydrogen-bond acceptors (Lipinski definition) is 1. The molecule has 0 aliphatic carbocycles. The average molecular weight is 337 g/mol. The molecule has 0 atom stereocenters. The Morgan fingerprint density at radius 2 is 1.25 bits per heavy atom. The van der Waals surface area contributed by atoms with E-state index in [1.807, 2.05) is 0 Å². The number of unbranched alkanes of at least 4 members (excludes halogenated alkanes) is 9. The van der Waals surface area contributed by atoms with Crippen LogP contribution in [0.25, 0.3) is 0 Å². The molecule has 0 aliphatic heterocycles. The van der Waals surface area contributed by atoms with Gasteiger partial charge in [-0.05, 0) is 50.9 Å². The largest absolute Gasteiger partial charge is 0.381 e. The van der Waals surface area contributed by atoms with Gasteiger partial charge in [-0.25, -0.2) is 0 Å². The first-order valence-corrected chi connectivity index (χ1v) is 10.6. The molecule has 0 aromatic heterocycles. The van der Waals surface area contributed by atoms with Gasteiger partial charge in [0.25, 0.3) is 0 Å². The highest BCUT2D eigenvalue weighted by Crippen LogP contribution is 2.08. The SMILES string of the molecule is CCCCC/C=C\C/C=C\CCCCCCCCOCCC(C)C. The van der Waals surface area contributed by atoms with Crippen LogP contribution < -0.4 is 0 Å².